The number of carbonyl (C=O) groups excluding carboxylic acids is 1. The summed E-state index contributed by atoms with van der Waals surface area (Å²) in [6.45, 7) is 3.80. The molecule has 1 amide bonds. The molecule has 2 heterocycles. The van der Waals surface area contributed by atoms with Crippen LogP contribution in [0.1, 0.15) is 19.3 Å². The second-order valence-electron chi connectivity index (χ2n) is 4.63. The van der Waals surface area contributed by atoms with Gasteiger partial charge in [0.25, 0.3) is 0 Å². The maximum absolute atomic E-state index is 12.0. The molecule has 0 aromatic rings. The fraction of sp³-hybridized carbons (Fsp3) is 0.750. The van der Waals surface area contributed by atoms with Crippen LogP contribution in [0.25, 0.3) is 0 Å². The number of fused-ring (bicyclic) bond motifs is 1. The fourth-order valence-corrected chi connectivity index (χ4v) is 2.64. The van der Waals surface area contributed by atoms with E-state index in [4.69, 9.17) is 12.2 Å². The van der Waals surface area contributed by atoms with E-state index in [9.17, 15) is 4.79 Å². The summed E-state index contributed by atoms with van der Waals surface area (Å²) in [5.41, 5.74) is 5.75. The second kappa shape index (κ2) is 4.86. The smallest absolute Gasteiger partial charge is 0.240 e. The predicted molar refractivity (Wildman–Crippen MR) is 62.6 cm³/mol. The van der Waals surface area contributed by atoms with Crippen molar-refractivity contribution in [2.75, 3.05) is 26.2 Å². The molecule has 0 bridgehead atoms. The van der Waals surface area contributed by atoms with Crippen molar-refractivity contribution >= 4 is 5.91 Å². The Morgan fingerprint density at radius 3 is 3.06 bits per heavy atom. The minimum Gasteiger partial charge on any atom is -0.338 e. The van der Waals surface area contributed by atoms with Crippen molar-refractivity contribution in [3.05, 3.63) is 0 Å². The van der Waals surface area contributed by atoms with Crippen molar-refractivity contribution in [1.82, 2.24) is 9.80 Å². The molecule has 0 aromatic heterocycles. The third-order valence-corrected chi connectivity index (χ3v) is 3.55. The number of rotatable bonds is 2. The van der Waals surface area contributed by atoms with Crippen LogP contribution in [0.15, 0.2) is 0 Å². The zero-order valence-electron chi connectivity index (χ0n) is 9.56. The number of hydrogen-bond donors (Lipinski definition) is 1. The third kappa shape index (κ3) is 2.21. The number of nitrogens with two attached hydrogens (primary N) is 1. The quantitative estimate of drug-likeness (QED) is 0.648. The van der Waals surface area contributed by atoms with E-state index >= 15 is 0 Å². The standard InChI is InChI=1S/C12H19N3O/c1-2-4-11(13)12(16)15-8-7-14-6-3-5-10(14)9-15/h1,10-11H,3-9,13H2. The van der Waals surface area contributed by atoms with Gasteiger partial charge in [0.1, 0.15) is 0 Å². The van der Waals surface area contributed by atoms with E-state index in [1.165, 1.54) is 19.4 Å². The highest BCUT2D eigenvalue weighted by atomic mass is 16.2. The van der Waals surface area contributed by atoms with E-state index in [2.05, 4.69) is 10.8 Å². The number of amides is 1. The van der Waals surface area contributed by atoms with E-state index in [0.717, 1.165) is 19.6 Å². The molecule has 2 aliphatic rings. The molecule has 2 aliphatic heterocycles. The minimum atomic E-state index is -0.516. The molecule has 0 spiro atoms. The summed E-state index contributed by atoms with van der Waals surface area (Å²) in [7, 11) is 0. The summed E-state index contributed by atoms with van der Waals surface area (Å²) >= 11 is 0. The Hall–Kier alpha value is -1.05. The van der Waals surface area contributed by atoms with Gasteiger partial charge in [-0.15, -0.1) is 12.3 Å². The molecule has 4 heteroatoms. The highest BCUT2D eigenvalue weighted by molar-refractivity contribution is 5.82. The van der Waals surface area contributed by atoms with Crippen LogP contribution in [0, 0.1) is 12.3 Å². The van der Waals surface area contributed by atoms with E-state index in [0.29, 0.717) is 12.5 Å². The summed E-state index contributed by atoms with van der Waals surface area (Å²) in [5, 5.41) is 0. The van der Waals surface area contributed by atoms with E-state index in [1.807, 2.05) is 4.90 Å². The fourth-order valence-electron chi connectivity index (χ4n) is 2.64. The Labute approximate surface area is 96.8 Å². The van der Waals surface area contributed by atoms with Gasteiger partial charge in [0.2, 0.25) is 5.91 Å². The van der Waals surface area contributed by atoms with Crippen LogP contribution in [-0.2, 0) is 4.79 Å². The topological polar surface area (TPSA) is 49.6 Å². The molecule has 2 unspecified atom stereocenters. The molecule has 4 nitrogen and oxygen atoms in total. The molecular weight excluding hydrogens is 202 g/mol. The summed E-state index contributed by atoms with van der Waals surface area (Å²) in [5.74, 6) is 2.47. The van der Waals surface area contributed by atoms with Crippen LogP contribution in [-0.4, -0.2) is 54.0 Å². The number of piperazine rings is 1. The second-order valence-corrected chi connectivity index (χ2v) is 4.63. The number of carbonyl (C=O) groups is 1. The molecule has 2 fully saturated rings. The molecule has 88 valence electrons. The van der Waals surface area contributed by atoms with Gasteiger partial charge in [-0.1, -0.05) is 0 Å². The van der Waals surface area contributed by atoms with Crippen molar-refractivity contribution < 1.29 is 4.79 Å². The molecule has 16 heavy (non-hydrogen) atoms. The van der Waals surface area contributed by atoms with Crippen LogP contribution >= 0.6 is 0 Å². The summed E-state index contributed by atoms with van der Waals surface area (Å²) in [4.78, 5) is 16.3. The van der Waals surface area contributed by atoms with Gasteiger partial charge in [-0.2, -0.15) is 0 Å². The first-order valence-electron chi connectivity index (χ1n) is 5.94. The van der Waals surface area contributed by atoms with Gasteiger partial charge in [-0.3, -0.25) is 9.69 Å². The summed E-state index contributed by atoms with van der Waals surface area (Å²) < 4.78 is 0. The largest absolute Gasteiger partial charge is 0.338 e. The highest BCUT2D eigenvalue weighted by Gasteiger charge is 2.33. The molecule has 0 saturated carbocycles. The Kier molecular flexibility index (Phi) is 3.47. The number of terminal acetylenes is 1. The summed E-state index contributed by atoms with van der Waals surface area (Å²) in [6.07, 6.45) is 7.97. The zero-order chi connectivity index (χ0) is 11.5. The molecule has 2 N–H and O–H groups in total. The van der Waals surface area contributed by atoms with Crippen LogP contribution < -0.4 is 5.73 Å². The molecule has 0 aromatic carbocycles. The van der Waals surface area contributed by atoms with Crippen molar-refractivity contribution in [3.8, 4) is 12.3 Å². The third-order valence-electron chi connectivity index (χ3n) is 3.55. The van der Waals surface area contributed by atoms with Gasteiger partial charge >= 0.3 is 0 Å². The van der Waals surface area contributed by atoms with E-state index in [1.54, 1.807) is 0 Å². The lowest BCUT2D eigenvalue weighted by Crippen LogP contribution is -2.55. The van der Waals surface area contributed by atoms with Gasteiger partial charge < -0.3 is 10.6 Å². The monoisotopic (exact) mass is 221 g/mol. The molecular formula is C12H19N3O. The van der Waals surface area contributed by atoms with E-state index < -0.39 is 6.04 Å². The van der Waals surface area contributed by atoms with Gasteiger partial charge in [0, 0.05) is 32.1 Å². The lowest BCUT2D eigenvalue weighted by Gasteiger charge is -2.38. The van der Waals surface area contributed by atoms with Gasteiger partial charge in [0.15, 0.2) is 0 Å². The van der Waals surface area contributed by atoms with Gasteiger partial charge in [0.05, 0.1) is 6.04 Å². The molecule has 2 saturated heterocycles. The van der Waals surface area contributed by atoms with Crippen LogP contribution in [0.5, 0.6) is 0 Å². The van der Waals surface area contributed by atoms with E-state index in [-0.39, 0.29) is 5.91 Å². The van der Waals surface area contributed by atoms with Crippen LogP contribution in [0.2, 0.25) is 0 Å². The average molecular weight is 221 g/mol. The van der Waals surface area contributed by atoms with Crippen molar-refractivity contribution in [1.29, 1.82) is 0 Å². The predicted octanol–water partition coefficient (Wildman–Crippen LogP) is -0.356. The molecule has 2 rings (SSSR count). The lowest BCUT2D eigenvalue weighted by molar-refractivity contribution is -0.135. The Bertz CT molecular complexity index is 310. The molecule has 0 aliphatic carbocycles. The van der Waals surface area contributed by atoms with Gasteiger partial charge in [-0.25, -0.2) is 0 Å². The van der Waals surface area contributed by atoms with Crippen LogP contribution in [0.3, 0.4) is 0 Å². The zero-order valence-corrected chi connectivity index (χ0v) is 9.56. The SMILES string of the molecule is C#CCC(N)C(=O)N1CCN2CCCC2C1. The molecule has 2 atom stereocenters. The average Bonchev–Trinajstić information content (AvgIpc) is 2.75. The Morgan fingerprint density at radius 1 is 1.50 bits per heavy atom. The summed E-state index contributed by atoms with van der Waals surface area (Å²) in [6, 6.07) is 0.0358. The maximum Gasteiger partial charge on any atom is 0.240 e. The minimum absolute atomic E-state index is 0.0181. The van der Waals surface area contributed by atoms with Crippen molar-refractivity contribution in [2.45, 2.75) is 31.3 Å². The Morgan fingerprint density at radius 2 is 2.31 bits per heavy atom. The van der Waals surface area contributed by atoms with Gasteiger partial charge in [-0.05, 0) is 19.4 Å². The lowest BCUT2D eigenvalue weighted by atomic mass is 10.1. The highest BCUT2D eigenvalue weighted by Crippen LogP contribution is 2.21. The number of hydrogen-bond acceptors (Lipinski definition) is 3. The first kappa shape index (κ1) is 11.4. The van der Waals surface area contributed by atoms with Crippen molar-refractivity contribution in [2.24, 2.45) is 5.73 Å². The first-order valence-corrected chi connectivity index (χ1v) is 5.94. The normalized spacial score (nSPS) is 27.2. The Balaban J connectivity index is 1.91. The van der Waals surface area contributed by atoms with Crippen LogP contribution in [0.4, 0.5) is 0 Å². The molecule has 0 radical (unpaired) electrons. The maximum atomic E-state index is 12.0. The first-order chi connectivity index (χ1) is 7.72. The van der Waals surface area contributed by atoms with Crippen molar-refractivity contribution in [3.63, 3.8) is 0 Å². The number of nitrogens with zero attached hydrogens (tertiary/aromatic N) is 2.